The van der Waals surface area contributed by atoms with E-state index >= 15 is 0 Å². The van der Waals surface area contributed by atoms with Crippen molar-refractivity contribution in [2.24, 2.45) is 11.8 Å². The van der Waals surface area contributed by atoms with Crippen LogP contribution in [0.4, 0.5) is 0 Å². The summed E-state index contributed by atoms with van der Waals surface area (Å²) < 4.78 is 0. The summed E-state index contributed by atoms with van der Waals surface area (Å²) in [7, 11) is 0. The molecule has 3 unspecified atom stereocenters. The predicted octanol–water partition coefficient (Wildman–Crippen LogP) is 3.69. The number of hydrogen-bond acceptors (Lipinski definition) is 2. The van der Waals surface area contributed by atoms with Crippen molar-refractivity contribution in [3.8, 4) is 0 Å². The first kappa shape index (κ1) is 17.1. The highest BCUT2D eigenvalue weighted by molar-refractivity contribution is 5.73. The number of carbonyl (C=O) groups is 1. The second-order valence-electron chi connectivity index (χ2n) is 8.43. The SMILES string of the molecule is CC(=O)N1CC2CCCC(c3ccc(CCN4CCCC4)cc3)C2C1. The van der Waals surface area contributed by atoms with Gasteiger partial charge in [0, 0.05) is 26.6 Å². The van der Waals surface area contributed by atoms with E-state index in [0.717, 1.165) is 19.0 Å². The highest BCUT2D eigenvalue weighted by Crippen LogP contribution is 2.45. The fourth-order valence-corrected chi connectivity index (χ4v) is 5.37. The van der Waals surface area contributed by atoms with Gasteiger partial charge in [0.15, 0.2) is 0 Å². The average Bonchev–Trinajstić information content (AvgIpc) is 3.29. The monoisotopic (exact) mass is 340 g/mol. The van der Waals surface area contributed by atoms with Gasteiger partial charge in [-0.05, 0) is 74.1 Å². The van der Waals surface area contributed by atoms with E-state index in [1.54, 1.807) is 6.92 Å². The molecule has 0 aromatic heterocycles. The maximum absolute atomic E-state index is 11.8. The van der Waals surface area contributed by atoms with Crippen molar-refractivity contribution in [2.75, 3.05) is 32.7 Å². The number of amides is 1. The van der Waals surface area contributed by atoms with Gasteiger partial charge < -0.3 is 9.80 Å². The average molecular weight is 341 g/mol. The maximum atomic E-state index is 11.8. The molecule has 0 spiro atoms. The van der Waals surface area contributed by atoms with E-state index in [4.69, 9.17) is 0 Å². The van der Waals surface area contributed by atoms with Crippen LogP contribution in [0.3, 0.4) is 0 Å². The lowest BCUT2D eigenvalue weighted by atomic mass is 9.71. The number of hydrogen-bond donors (Lipinski definition) is 0. The molecule has 1 amide bonds. The standard InChI is InChI=1S/C22H32N2O/c1-17(25)24-15-20-5-4-6-21(22(20)16-24)19-9-7-18(8-10-19)11-14-23-12-2-3-13-23/h7-10,20-22H,2-6,11-16H2,1H3. The number of nitrogens with zero attached hydrogens (tertiary/aromatic N) is 2. The molecule has 0 bridgehead atoms. The Morgan fingerprint density at radius 2 is 1.80 bits per heavy atom. The summed E-state index contributed by atoms with van der Waals surface area (Å²) in [6.07, 6.45) is 7.84. The third-order valence-electron chi connectivity index (χ3n) is 6.87. The van der Waals surface area contributed by atoms with Crippen LogP contribution in [0.15, 0.2) is 24.3 Å². The van der Waals surface area contributed by atoms with Gasteiger partial charge in [-0.3, -0.25) is 4.79 Å². The summed E-state index contributed by atoms with van der Waals surface area (Å²) in [5.74, 6) is 2.30. The number of benzene rings is 1. The van der Waals surface area contributed by atoms with Gasteiger partial charge in [0.1, 0.15) is 0 Å². The van der Waals surface area contributed by atoms with Gasteiger partial charge in [-0.1, -0.05) is 30.7 Å². The van der Waals surface area contributed by atoms with E-state index in [0.29, 0.717) is 11.8 Å². The van der Waals surface area contributed by atoms with Crippen molar-refractivity contribution in [1.82, 2.24) is 9.80 Å². The van der Waals surface area contributed by atoms with Crippen molar-refractivity contribution in [3.63, 3.8) is 0 Å². The van der Waals surface area contributed by atoms with Gasteiger partial charge in [0.25, 0.3) is 0 Å². The Balaban J connectivity index is 1.39. The normalized spacial score (nSPS) is 29.8. The van der Waals surface area contributed by atoms with Crippen LogP contribution in [0.5, 0.6) is 0 Å². The zero-order chi connectivity index (χ0) is 17.2. The van der Waals surface area contributed by atoms with Crippen molar-refractivity contribution in [1.29, 1.82) is 0 Å². The molecular formula is C22H32N2O. The first-order chi connectivity index (χ1) is 12.2. The van der Waals surface area contributed by atoms with Gasteiger partial charge >= 0.3 is 0 Å². The van der Waals surface area contributed by atoms with Crippen LogP contribution in [0.2, 0.25) is 0 Å². The Morgan fingerprint density at radius 3 is 2.52 bits per heavy atom. The lowest BCUT2D eigenvalue weighted by molar-refractivity contribution is -0.128. The number of carbonyl (C=O) groups excluding carboxylic acids is 1. The molecule has 3 aliphatic rings. The molecule has 4 rings (SSSR count). The van der Waals surface area contributed by atoms with E-state index in [2.05, 4.69) is 34.1 Å². The summed E-state index contributed by atoms with van der Waals surface area (Å²) in [6, 6.07) is 9.46. The van der Waals surface area contributed by atoms with E-state index in [1.807, 2.05) is 0 Å². The van der Waals surface area contributed by atoms with Crippen LogP contribution in [-0.2, 0) is 11.2 Å². The molecule has 0 N–H and O–H groups in total. The van der Waals surface area contributed by atoms with Crippen LogP contribution >= 0.6 is 0 Å². The lowest BCUT2D eigenvalue weighted by Gasteiger charge is -2.33. The number of rotatable bonds is 4. The fourth-order valence-electron chi connectivity index (χ4n) is 5.37. The Hall–Kier alpha value is -1.35. The molecular weight excluding hydrogens is 308 g/mol. The zero-order valence-electron chi connectivity index (χ0n) is 15.6. The summed E-state index contributed by atoms with van der Waals surface area (Å²) in [5.41, 5.74) is 2.98. The van der Waals surface area contributed by atoms with Crippen LogP contribution in [-0.4, -0.2) is 48.4 Å². The van der Waals surface area contributed by atoms with Crippen molar-refractivity contribution >= 4 is 5.91 Å². The molecule has 3 fully saturated rings. The van der Waals surface area contributed by atoms with Gasteiger partial charge in [-0.25, -0.2) is 0 Å². The number of fused-ring (bicyclic) bond motifs is 1. The van der Waals surface area contributed by atoms with Gasteiger partial charge in [0.2, 0.25) is 5.91 Å². The van der Waals surface area contributed by atoms with Crippen LogP contribution in [0, 0.1) is 11.8 Å². The van der Waals surface area contributed by atoms with Crippen molar-refractivity contribution in [2.45, 2.75) is 51.4 Å². The molecule has 25 heavy (non-hydrogen) atoms. The van der Waals surface area contributed by atoms with Crippen molar-refractivity contribution in [3.05, 3.63) is 35.4 Å². The third kappa shape index (κ3) is 3.76. The summed E-state index contributed by atoms with van der Waals surface area (Å²) in [4.78, 5) is 16.5. The predicted molar refractivity (Wildman–Crippen MR) is 102 cm³/mol. The summed E-state index contributed by atoms with van der Waals surface area (Å²) in [6.45, 7) is 7.47. The first-order valence-corrected chi connectivity index (χ1v) is 10.3. The molecule has 1 saturated carbocycles. The molecule has 3 atom stereocenters. The molecule has 3 nitrogen and oxygen atoms in total. The smallest absolute Gasteiger partial charge is 0.219 e. The Bertz CT molecular complexity index is 591. The van der Waals surface area contributed by atoms with E-state index in [1.165, 1.54) is 69.3 Å². The molecule has 3 heteroatoms. The molecule has 0 radical (unpaired) electrons. The van der Waals surface area contributed by atoms with E-state index < -0.39 is 0 Å². The van der Waals surface area contributed by atoms with E-state index in [9.17, 15) is 4.79 Å². The fraction of sp³-hybridized carbons (Fsp3) is 0.682. The van der Waals surface area contributed by atoms with Gasteiger partial charge in [-0.15, -0.1) is 0 Å². The minimum Gasteiger partial charge on any atom is -0.342 e. The quantitative estimate of drug-likeness (QED) is 0.835. The maximum Gasteiger partial charge on any atom is 0.219 e. The number of likely N-dealkylation sites (tertiary alicyclic amines) is 2. The Labute approximate surface area is 152 Å². The molecule has 2 aliphatic heterocycles. The molecule has 2 saturated heterocycles. The van der Waals surface area contributed by atoms with Gasteiger partial charge in [-0.2, -0.15) is 0 Å². The second kappa shape index (κ2) is 7.49. The summed E-state index contributed by atoms with van der Waals surface area (Å²) in [5, 5.41) is 0. The topological polar surface area (TPSA) is 23.6 Å². The van der Waals surface area contributed by atoms with Crippen molar-refractivity contribution < 1.29 is 4.79 Å². The minimum atomic E-state index is 0.255. The van der Waals surface area contributed by atoms with Crippen LogP contribution in [0.1, 0.15) is 56.1 Å². The molecule has 1 aromatic rings. The molecule has 136 valence electrons. The van der Waals surface area contributed by atoms with Crippen LogP contribution in [0.25, 0.3) is 0 Å². The Kier molecular flexibility index (Phi) is 5.12. The van der Waals surface area contributed by atoms with Gasteiger partial charge in [0.05, 0.1) is 0 Å². The second-order valence-corrected chi connectivity index (χ2v) is 8.43. The lowest BCUT2D eigenvalue weighted by Crippen LogP contribution is -2.27. The Morgan fingerprint density at radius 1 is 1.04 bits per heavy atom. The molecule has 1 aliphatic carbocycles. The zero-order valence-corrected chi connectivity index (χ0v) is 15.6. The molecule has 2 heterocycles. The van der Waals surface area contributed by atoms with E-state index in [-0.39, 0.29) is 5.91 Å². The summed E-state index contributed by atoms with van der Waals surface area (Å²) >= 11 is 0. The third-order valence-corrected chi connectivity index (χ3v) is 6.87. The first-order valence-electron chi connectivity index (χ1n) is 10.3. The minimum absolute atomic E-state index is 0.255. The highest BCUT2D eigenvalue weighted by Gasteiger charge is 2.41. The highest BCUT2D eigenvalue weighted by atomic mass is 16.2. The molecule has 1 aromatic carbocycles. The largest absolute Gasteiger partial charge is 0.342 e. The van der Waals surface area contributed by atoms with Crippen LogP contribution < -0.4 is 0 Å².